The normalized spacial score (nSPS) is 24.3. The van der Waals surface area contributed by atoms with Gasteiger partial charge < -0.3 is 151 Å². The van der Waals surface area contributed by atoms with Gasteiger partial charge in [-0.05, 0) is 119 Å². The van der Waals surface area contributed by atoms with Crippen LogP contribution in [0.5, 0.6) is 5.75 Å². The van der Waals surface area contributed by atoms with Crippen LogP contribution >= 0.6 is 35.3 Å². The van der Waals surface area contributed by atoms with Gasteiger partial charge in [0.05, 0.1) is 32.7 Å². The lowest BCUT2D eigenvalue weighted by molar-refractivity contribution is -0.398. The molecule has 2 aromatic carbocycles. The van der Waals surface area contributed by atoms with Gasteiger partial charge in [0.15, 0.2) is 6.04 Å². The van der Waals surface area contributed by atoms with Crippen molar-refractivity contribution in [3.63, 3.8) is 0 Å². The number of fused-ring (bicyclic) bond motifs is 5. The van der Waals surface area contributed by atoms with E-state index in [9.17, 15) is 112 Å². The van der Waals surface area contributed by atoms with E-state index in [1.165, 1.54) is 52.0 Å². The number of carboxylic acid groups (broad SMARTS) is 3. The van der Waals surface area contributed by atoms with Gasteiger partial charge in [0.1, 0.15) is 103 Å². The molecule has 0 saturated heterocycles. The van der Waals surface area contributed by atoms with Crippen molar-refractivity contribution < 1.29 is 123 Å². The summed E-state index contributed by atoms with van der Waals surface area (Å²) in [6.45, 7) is 1.54. The molecule has 4 bridgehead atoms. The molecule has 0 fully saturated rings. The second kappa shape index (κ2) is 56.5. The van der Waals surface area contributed by atoms with Gasteiger partial charge in [-0.2, -0.15) is 35.3 Å². The number of thioether (sulfide) groups is 3. The van der Waals surface area contributed by atoms with Crippen LogP contribution in [0.2, 0.25) is 0 Å². The molecule has 0 saturated carbocycles. The third kappa shape index (κ3) is 41.3. The van der Waals surface area contributed by atoms with E-state index in [0.29, 0.717) is 16.7 Å². The zero-order chi connectivity index (χ0) is 94.7. The number of aliphatic carboxylic acids is 3. The highest BCUT2D eigenvalue weighted by molar-refractivity contribution is 7.99. The van der Waals surface area contributed by atoms with Crippen molar-refractivity contribution in [2.45, 2.75) is 213 Å². The minimum absolute atomic E-state index is 0.000862. The number of hydrogen-bond donors (Lipinski definition) is 31. The van der Waals surface area contributed by atoms with Crippen molar-refractivity contribution in [3.8, 4) is 5.75 Å². The third-order valence-electron chi connectivity index (χ3n) is 19.0. The van der Waals surface area contributed by atoms with E-state index < -0.39 is 274 Å². The van der Waals surface area contributed by atoms with Crippen LogP contribution in [-0.4, -0.2) is 304 Å². The Bertz CT molecular complexity index is 4090. The van der Waals surface area contributed by atoms with Gasteiger partial charge in [0, 0.05) is 47.4 Å². The van der Waals surface area contributed by atoms with Crippen LogP contribution in [-0.2, 0) is 110 Å². The molecule has 0 unspecified atom stereocenters. The topological polar surface area (TPSA) is 829 Å². The summed E-state index contributed by atoms with van der Waals surface area (Å²) in [5.74, 6) is -23.8. The number of carbonyl (C=O) groups is 18. The molecule has 39 N–H and O–H groups in total. The lowest BCUT2D eigenvalue weighted by Gasteiger charge is -2.29. The molecule has 708 valence electrons. The number of amides is 15. The summed E-state index contributed by atoms with van der Waals surface area (Å²) in [6.07, 6.45) is -7.00. The van der Waals surface area contributed by atoms with E-state index in [2.05, 4.69) is 101 Å². The Hall–Kier alpha value is -10.7. The Labute approximate surface area is 743 Å². The molecule has 0 aromatic heterocycles. The lowest BCUT2D eigenvalue weighted by atomic mass is 10.0. The average molecular weight is 1850 g/mol. The minimum atomic E-state index is -2.15. The molecule has 2 aliphatic heterocycles. The first kappa shape index (κ1) is 109. The fraction of sp³-hybridized carbons (Fsp3) is 0.600. The monoisotopic (exact) mass is 1850 g/mol. The fourth-order valence-corrected chi connectivity index (χ4v) is 15.1. The minimum Gasteiger partial charge on any atom is -0.508 e. The summed E-state index contributed by atoms with van der Waals surface area (Å²) in [5.41, 5.74) is 39.5. The van der Waals surface area contributed by atoms with E-state index in [0.717, 1.165) is 35.3 Å². The van der Waals surface area contributed by atoms with Gasteiger partial charge in [0.2, 0.25) is 82.7 Å². The second-order valence-corrected chi connectivity index (χ2v) is 33.4. The van der Waals surface area contributed by atoms with Gasteiger partial charge >= 0.3 is 17.9 Å². The van der Waals surface area contributed by atoms with E-state index in [1.54, 1.807) is 18.2 Å². The van der Waals surface area contributed by atoms with Crippen molar-refractivity contribution in [2.75, 3.05) is 63.2 Å². The molecule has 2 heterocycles. The number of carboxylic acids is 3. The number of aliphatic hydroxyl groups excluding tert-OH is 2. The Morgan fingerprint density at radius 2 is 0.866 bits per heavy atom. The van der Waals surface area contributed by atoms with Gasteiger partial charge in [-0.15, -0.1) is 0 Å². The number of quaternary nitrogens is 1. The van der Waals surface area contributed by atoms with E-state index in [1.807, 2.05) is 0 Å². The summed E-state index contributed by atoms with van der Waals surface area (Å²) in [7, 11) is 0. The van der Waals surface area contributed by atoms with Crippen molar-refractivity contribution in [2.24, 2.45) is 40.3 Å². The molecule has 14 atom stereocenters. The Kier molecular flexibility index (Phi) is 48.3. The molecule has 2 aromatic rings. The maximum absolute atomic E-state index is 15.2. The molecule has 52 heteroatoms. The number of phenolic OH excluding ortho intramolecular Hbond substituents is 1. The number of phenols is 1. The molecular weight excluding hydrogens is 1730 g/mol. The molecular formula is C75H122N25O24S3+. The van der Waals surface area contributed by atoms with Gasteiger partial charge in [-0.1, -0.05) is 44.2 Å². The van der Waals surface area contributed by atoms with Crippen molar-refractivity contribution in [3.05, 3.63) is 64.7 Å². The van der Waals surface area contributed by atoms with Gasteiger partial charge in [0.25, 0.3) is 5.91 Å². The Balaban J connectivity index is 2.03. The summed E-state index contributed by atoms with van der Waals surface area (Å²) >= 11 is 2.97. The summed E-state index contributed by atoms with van der Waals surface area (Å²) in [5, 5.41) is 106. The molecule has 0 aliphatic carbocycles. The zero-order valence-electron chi connectivity index (χ0n) is 70.6. The standard InChI is InChI=1S/C75H121N25O24S3/c1-35(2)58-71(122)95-48(24-57(108)109)66(117)98-52-33-126-30-40-20-39(29-125-32-51(97-59(110)36(3)76)70(121)96-50(28-102)68(119)92-45(10-7-19-85-75(81)82)63(114)94-47(23-38-11-13-42(103)14-12-38)65(116)93-46(64(115)100-58)15-16-56(106)107)21-41(22-40)31-127-34-53(72(123)124)99-60(111)37(4)88-67(118)49(27-101)90-55(105)26-86-61(112)43(8-5-17-83-73(77)78)89-54(104)25-87-62(113)44(91-69(52)120)9-6-18-84-74(79)80/h11-14,20-22,35-37,43-53,58,73-75,83-85,101-103H,5-10,15-19,23-34,76-82H2,1-4H3,(H,86,112)(H,87,113)(H,88,118)(H,89,104)(H,90,105)(H,91,120)(H,92,119)(H,93,116)(H,94,114)(H,95,122)(H,96,121)(H,97,110)(H,98,117)(H,99,111)(H,100,115)(H,106,107)(H,108,109)(H,123,124)/p+1/t36-,37-,43-,44-,45-,46-,47-,48-,49-,50-,51-,52-,53-,58-/m0/s1. The fourth-order valence-electron chi connectivity index (χ4n) is 12.2. The molecule has 15 amide bonds. The van der Waals surface area contributed by atoms with Gasteiger partial charge in [-0.3, -0.25) is 97.5 Å². The van der Waals surface area contributed by atoms with Crippen LogP contribution in [0.3, 0.4) is 0 Å². The van der Waals surface area contributed by atoms with Crippen LogP contribution in [0.25, 0.3) is 0 Å². The summed E-state index contributed by atoms with van der Waals surface area (Å²) in [4.78, 5) is 252. The predicted octanol–water partition coefficient (Wildman–Crippen LogP) is -12.7. The number of rotatable bonds is 28. The largest absolute Gasteiger partial charge is 0.508 e. The van der Waals surface area contributed by atoms with Crippen LogP contribution in [0.15, 0.2) is 42.5 Å². The van der Waals surface area contributed by atoms with Gasteiger partial charge in [-0.25, -0.2) is 4.79 Å². The third-order valence-corrected chi connectivity index (χ3v) is 22.3. The summed E-state index contributed by atoms with van der Waals surface area (Å²) in [6, 6.07) is -13.3. The maximum Gasteiger partial charge on any atom is 0.327 e. The molecule has 2 aliphatic rings. The second-order valence-electron chi connectivity index (χ2n) is 30.3. The first-order chi connectivity index (χ1) is 60.0. The number of benzene rings is 2. The van der Waals surface area contributed by atoms with Crippen molar-refractivity contribution in [1.82, 2.24) is 95.7 Å². The zero-order valence-corrected chi connectivity index (χ0v) is 73.1. The molecule has 127 heavy (non-hydrogen) atoms. The molecule has 0 spiro atoms. The molecule has 0 radical (unpaired) electrons. The molecule has 4 rings (SSSR count). The summed E-state index contributed by atoms with van der Waals surface area (Å²) < 4.78 is 0. The number of nitrogens with two attached hydrogens (primary N) is 6. The maximum atomic E-state index is 15.2. The number of nitrogens with one attached hydrogen (secondary N) is 18. The first-order valence-electron chi connectivity index (χ1n) is 40.5. The van der Waals surface area contributed by atoms with E-state index in [4.69, 9.17) is 34.4 Å². The highest BCUT2D eigenvalue weighted by Gasteiger charge is 2.39. The highest BCUT2D eigenvalue weighted by atomic mass is 32.2. The van der Waals surface area contributed by atoms with Crippen LogP contribution in [0.1, 0.15) is 108 Å². The van der Waals surface area contributed by atoms with E-state index >= 15 is 4.79 Å². The quantitative estimate of drug-likeness (QED) is 0.0278. The average Bonchev–Trinajstić information content (AvgIpc) is 0.919. The predicted molar refractivity (Wildman–Crippen MR) is 460 cm³/mol. The number of aromatic hydroxyl groups is 1. The Morgan fingerprint density at radius 1 is 0.457 bits per heavy atom. The molecule has 49 nitrogen and oxygen atoms in total. The van der Waals surface area contributed by atoms with Crippen LogP contribution in [0, 0.1) is 5.92 Å². The Morgan fingerprint density at radius 3 is 1.35 bits per heavy atom. The number of carbonyl (C=O) groups excluding carboxylic acids is 15. The number of hydrogen-bond acceptors (Lipinski definition) is 33. The smallest absolute Gasteiger partial charge is 0.327 e. The van der Waals surface area contributed by atoms with Crippen LogP contribution < -0.4 is 136 Å². The van der Waals surface area contributed by atoms with Crippen molar-refractivity contribution >= 4 is 142 Å². The van der Waals surface area contributed by atoms with Crippen molar-refractivity contribution in [1.29, 1.82) is 0 Å². The number of aliphatic hydroxyl groups is 2. The van der Waals surface area contributed by atoms with E-state index in [-0.39, 0.29) is 98.2 Å². The first-order valence-corrected chi connectivity index (χ1v) is 44.0. The van der Waals surface area contributed by atoms with Crippen LogP contribution in [0.4, 0.5) is 0 Å². The SMILES string of the molecule is CC(C)[C@@H]1NC(=O)[C@H](CCC(=O)O)NC(=O)[C@H](Cc2ccc(O)cc2)NC(=O)[C@H](CCCNC(N)N)NC(=O)[C@H](CO)NC(=O)[C@@H](NC(=O)[C@H](C)[NH3+])CSCc2cc3cc(c2)CSC[C@H](NC(=O)[C@H](CC(=O)O)NC1=O)C(=O)N[C@@H](CCCNC(N)N)C(=O)NCC(=O)N[C@@H](CCCNC(N)N)C(=O)NCC(=O)N[C@@H](CO)C(=O)N[C@@H](C)C(=O)N[C@H](C(=O)O)CSC3. The highest BCUT2D eigenvalue weighted by Crippen LogP contribution is 2.25. The lowest BCUT2D eigenvalue weighted by Crippen LogP contribution is -2.68.